The van der Waals surface area contributed by atoms with Gasteiger partial charge in [0.25, 0.3) is 5.56 Å². The Kier molecular flexibility index (Phi) is 2.94. The third-order valence-electron chi connectivity index (χ3n) is 1.55. The number of rotatable bonds is 2. The van der Waals surface area contributed by atoms with Gasteiger partial charge >= 0.3 is 5.69 Å². The van der Waals surface area contributed by atoms with Gasteiger partial charge in [-0.2, -0.15) is 0 Å². The van der Waals surface area contributed by atoms with Crippen LogP contribution >= 0.6 is 12.6 Å². The highest BCUT2D eigenvalue weighted by molar-refractivity contribution is 7.80. The van der Waals surface area contributed by atoms with Crippen LogP contribution in [-0.2, 0) is 6.54 Å². The Morgan fingerprint density at radius 3 is 2.85 bits per heavy atom. The number of nitrogens with one attached hydrogen (secondary N) is 1. The third-order valence-corrected chi connectivity index (χ3v) is 1.71. The molecule has 72 valence electrons. The first-order valence-corrected chi connectivity index (χ1v) is 4.19. The predicted octanol–water partition coefficient (Wildman–Crippen LogP) is -0.907. The highest BCUT2D eigenvalue weighted by Gasteiger charge is 2.03. The number of thiol groups is 1. The van der Waals surface area contributed by atoms with Crippen molar-refractivity contribution in [1.82, 2.24) is 9.55 Å². The Hall–Kier alpha value is -1.01. The van der Waals surface area contributed by atoms with Gasteiger partial charge in [-0.05, 0) is 6.92 Å². The lowest BCUT2D eigenvalue weighted by molar-refractivity contribution is 0.240. The standard InChI is InChI=1S/C7H10N2O3S/c1-4-2-9(3-5(10)13)7(12)8-6(4)11/h2,5,10,13H,3H2,1H3,(H,8,11,12). The Morgan fingerprint density at radius 1 is 1.69 bits per heavy atom. The summed E-state index contributed by atoms with van der Waals surface area (Å²) in [6.45, 7) is 1.64. The molecule has 0 saturated heterocycles. The van der Waals surface area contributed by atoms with E-state index >= 15 is 0 Å². The molecule has 1 aromatic rings. The van der Waals surface area contributed by atoms with E-state index in [1.54, 1.807) is 6.92 Å². The lowest BCUT2D eigenvalue weighted by Crippen LogP contribution is -2.32. The summed E-state index contributed by atoms with van der Waals surface area (Å²) in [4.78, 5) is 24.1. The van der Waals surface area contributed by atoms with E-state index < -0.39 is 16.7 Å². The molecule has 1 heterocycles. The number of nitrogens with zero attached hydrogens (tertiary/aromatic N) is 1. The Bertz CT molecular complexity index is 407. The quantitative estimate of drug-likeness (QED) is 0.429. The molecule has 2 N–H and O–H groups in total. The van der Waals surface area contributed by atoms with Crippen LogP contribution in [0.4, 0.5) is 0 Å². The summed E-state index contributed by atoms with van der Waals surface area (Å²) in [5, 5.41) is 8.90. The zero-order valence-corrected chi connectivity index (χ0v) is 7.91. The van der Waals surface area contributed by atoms with E-state index in [0.29, 0.717) is 5.56 Å². The highest BCUT2D eigenvalue weighted by Crippen LogP contribution is 1.92. The Labute approximate surface area is 79.4 Å². The van der Waals surface area contributed by atoms with Gasteiger partial charge in [-0.3, -0.25) is 14.3 Å². The zero-order chi connectivity index (χ0) is 10.0. The zero-order valence-electron chi connectivity index (χ0n) is 7.02. The number of aromatic amines is 1. The fourth-order valence-corrected chi connectivity index (χ4v) is 1.11. The van der Waals surface area contributed by atoms with Crippen molar-refractivity contribution in [2.24, 2.45) is 0 Å². The van der Waals surface area contributed by atoms with Crippen molar-refractivity contribution in [3.8, 4) is 0 Å². The van der Waals surface area contributed by atoms with Gasteiger partial charge in [0, 0.05) is 11.8 Å². The molecule has 0 spiro atoms. The molecule has 1 atom stereocenters. The van der Waals surface area contributed by atoms with Crippen LogP contribution in [0.1, 0.15) is 5.56 Å². The van der Waals surface area contributed by atoms with Crippen molar-refractivity contribution in [1.29, 1.82) is 0 Å². The van der Waals surface area contributed by atoms with Crippen LogP contribution in [0.5, 0.6) is 0 Å². The van der Waals surface area contributed by atoms with E-state index in [1.807, 2.05) is 0 Å². The molecule has 13 heavy (non-hydrogen) atoms. The maximum absolute atomic E-state index is 11.1. The van der Waals surface area contributed by atoms with Crippen LogP contribution in [-0.4, -0.2) is 20.1 Å². The second-order valence-electron chi connectivity index (χ2n) is 2.70. The molecular weight excluding hydrogens is 192 g/mol. The van der Waals surface area contributed by atoms with Crippen LogP contribution in [0.3, 0.4) is 0 Å². The average Bonchev–Trinajstić information content (AvgIpc) is 1.99. The van der Waals surface area contributed by atoms with Crippen molar-refractivity contribution in [2.75, 3.05) is 0 Å². The summed E-state index contributed by atoms with van der Waals surface area (Å²) in [5.41, 5.74) is -1.44. The van der Waals surface area contributed by atoms with Gasteiger partial charge in [0.2, 0.25) is 0 Å². The van der Waals surface area contributed by atoms with Crippen molar-refractivity contribution < 1.29 is 5.11 Å². The molecule has 0 aliphatic heterocycles. The number of H-pyrrole nitrogens is 1. The number of hydrogen-bond acceptors (Lipinski definition) is 4. The first kappa shape index (κ1) is 10.1. The van der Waals surface area contributed by atoms with Crippen molar-refractivity contribution in [3.63, 3.8) is 0 Å². The summed E-state index contributed by atoms with van der Waals surface area (Å²) in [7, 11) is 0. The molecule has 1 unspecified atom stereocenters. The minimum Gasteiger partial charge on any atom is -0.381 e. The lowest BCUT2D eigenvalue weighted by atomic mass is 10.4. The van der Waals surface area contributed by atoms with Gasteiger partial charge in [-0.25, -0.2) is 4.79 Å². The fraction of sp³-hybridized carbons (Fsp3) is 0.429. The molecule has 0 aliphatic carbocycles. The van der Waals surface area contributed by atoms with Crippen LogP contribution < -0.4 is 11.2 Å². The molecule has 0 amide bonds. The maximum Gasteiger partial charge on any atom is 0.328 e. The molecule has 0 bridgehead atoms. The highest BCUT2D eigenvalue weighted by atomic mass is 32.1. The number of aromatic nitrogens is 2. The number of aliphatic hydroxyl groups is 1. The molecule has 0 radical (unpaired) electrons. The van der Waals surface area contributed by atoms with Gasteiger partial charge in [0.15, 0.2) is 0 Å². The molecule has 0 saturated carbocycles. The largest absolute Gasteiger partial charge is 0.381 e. The lowest BCUT2D eigenvalue weighted by Gasteiger charge is -2.06. The number of hydrogen-bond donors (Lipinski definition) is 3. The summed E-state index contributed by atoms with van der Waals surface area (Å²) >= 11 is 3.72. The topological polar surface area (TPSA) is 75.1 Å². The van der Waals surface area contributed by atoms with Crippen LogP contribution in [0.2, 0.25) is 0 Å². The molecule has 0 aromatic carbocycles. The van der Waals surface area contributed by atoms with E-state index in [2.05, 4.69) is 17.6 Å². The van der Waals surface area contributed by atoms with E-state index in [9.17, 15) is 9.59 Å². The Morgan fingerprint density at radius 2 is 2.31 bits per heavy atom. The van der Waals surface area contributed by atoms with Crippen LogP contribution in [0, 0.1) is 6.92 Å². The van der Waals surface area contributed by atoms with Gasteiger partial charge in [-0.15, -0.1) is 12.6 Å². The second kappa shape index (κ2) is 3.80. The summed E-state index contributed by atoms with van der Waals surface area (Å²) < 4.78 is 1.20. The van der Waals surface area contributed by atoms with Crippen molar-refractivity contribution in [2.45, 2.75) is 18.9 Å². The minimum absolute atomic E-state index is 0.0551. The summed E-state index contributed by atoms with van der Waals surface area (Å²) in [6, 6.07) is 0. The van der Waals surface area contributed by atoms with Crippen molar-refractivity contribution >= 4 is 12.6 Å². The average molecular weight is 202 g/mol. The first-order chi connectivity index (χ1) is 6.00. The van der Waals surface area contributed by atoms with E-state index in [0.717, 1.165) is 0 Å². The SMILES string of the molecule is Cc1cn(CC(O)S)c(=O)[nH]c1=O. The molecule has 5 nitrogen and oxygen atoms in total. The van der Waals surface area contributed by atoms with E-state index in [1.165, 1.54) is 10.8 Å². The second-order valence-corrected chi connectivity index (χ2v) is 3.30. The fourth-order valence-electron chi connectivity index (χ4n) is 0.930. The van der Waals surface area contributed by atoms with Gasteiger partial charge in [0.05, 0.1) is 6.54 Å². The monoisotopic (exact) mass is 202 g/mol. The minimum atomic E-state index is -0.914. The molecule has 6 heteroatoms. The smallest absolute Gasteiger partial charge is 0.328 e. The van der Waals surface area contributed by atoms with Crippen LogP contribution in [0.25, 0.3) is 0 Å². The van der Waals surface area contributed by atoms with Crippen LogP contribution in [0.15, 0.2) is 15.8 Å². The first-order valence-electron chi connectivity index (χ1n) is 3.67. The number of aryl methyl sites for hydroxylation is 1. The van der Waals surface area contributed by atoms with Gasteiger partial charge in [0.1, 0.15) is 5.44 Å². The summed E-state index contributed by atoms with van der Waals surface area (Å²) in [6.07, 6.45) is 1.39. The third kappa shape index (κ3) is 2.46. The van der Waals surface area contributed by atoms with E-state index in [-0.39, 0.29) is 6.54 Å². The molecule has 1 rings (SSSR count). The summed E-state index contributed by atoms with van der Waals surface area (Å²) in [5.74, 6) is 0. The maximum atomic E-state index is 11.1. The normalized spacial score (nSPS) is 12.8. The molecule has 0 aliphatic rings. The van der Waals surface area contributed by atoms with Crippen molar-refractivity contribution in [3.05, 3.63) is 32.6 Å². The molecule has 0 fully saturated rings. The van der Waals surface area contributed by atoms with Gasteiger partial charge in [-0.1, -0.05) is 0 Å². The number of aliphatic hydroxyl groups excluding tert-OH is 1. The van der Waals surface area contributed by atoms with E-state index in [4.69, 9.17) is 5.11 Å². The Balaban J connectivity index is 3.17. The molecule has 1 aromatic heterocycles. The molecular formula is C7H10N2O3S. The van der Waals surface area contributed by atoms with Gasteiger partial charge < -0.3 is 5.11 Å². The predicted molar refractivity (Wildman–Crippen MR) is 51.1 cm³/mol.